The van der Waals surface area contributed by atoms with Crippen LogP contribution < -0.4 is 20.7 Å². The number of likely N-dealkylation sites (tertiary alicyclic amines) is 1. The highest BCUT2D eigenvalue weighted by Crippen LogP contribution is 2.36. The van der Waals surface area contributed by atoms with Gasteiger partial charge in [0.25, 0.3) is 5.91 Å². The number of hydrogen-bond donors (Lipinski definition) is 3. The Hall–Kier alpha value is -3.40. The Morgan fingerprint density at radius 2 is 1.80 bits per heavy atom. The number of carbonyl (C=O) groups excluding carboxylic acids is 2. The van der Waals surface area contributed by atoms with Gasteiger partial charge in [-0.1, -0.05) is 58.9 Å². The Morgan fingerprint density at radius 1 is 1.05 bits per heavy atom. The zero-order valence-corrected chi connectivity index (χ0v) is 28.0. The summed E-state index contributed by atoms with van der Waals surface area (Å²) in [5.41, 5.74) is 5.49. The van der Waals surface area contributed by atoms with E-state index in [-0.39, 0.29) is 23.3 Å². The second-order valence-electron chi connectivity index (χ2n) is 12.9. The first-order valence-electron chi connectivity index (χ1n) is 16.0. The number of fused-ring (bicyclic) bond motifs is 1. The van der Waals surface area contributed by atoms with Gasteiger partial charge in [-0.05, 0) is 68.2 Å². The van der Waals surface area contributed by atoms with Crippen LogP contribution in [0.1, 0.15) is 74.6 Å². The van der Waals surface area contributed by atoms with Gasteiger partial charge in [-0.3, -0.25) is 19.4 Å². The van der Waals surface area contributed by atoms with Crippen LogP contribution in [0.4, 0.5) is 5.69 Å². The maximum Gasteiger partial charge on any atom is 0.272 e. The molecule has 1 aliphatic heterocycles. The van der Waals surface area contributed by atoms with Gasteiger partial charge in [0.1, 0.15) is 11.4 Å². The normalized spacial score (nSPS) is 15.7. The molecular formula is C35H52N6O3. The Balaban J connectivity index is 1.51. The molecule has 2 aromatic carbocycles. The molecule has 2 amide bonds. The van der Waals surface area contributed by atoms with Gasteiger partial charge in [0, 0.05) is 44.2 Å². The SMILES string of the molecule is CCN(CC)Cc1cc(C(C)(C)C)cc(NC(=O)c2cc3cccc(CNCCNC(=O)[C@@H]4CCCN4C)c3n2C)c1OC. The first kappa shape index (κ1) is 33.5. The van der Waals surface area contributed by atoms with Crippen molar-refractivity contribution in [3.63, 3.8) is 0 Å². The fourth-order valence-corrected chi connectivity index (χ4v) is 6.17. The van der Waals surface area contributed by atoms with E-state index in [1.807, 2.05) is 42.9 Å². The Morgan fingerprint density at radius 3 is 2.43 bits per heavy atom. The van der Waals surface area contributed by atoms with Gasteiger partial charge in [-0.2, -0.15) is 0 Å². The molecule has 0 saturated carbocycles. The molecule has 1 fully saturated rings. The molecule has 9 heteroatoms. The number of likely N-dealkylation sites (N-methyl/N-ethyl adjacent to an activating group) is 1. The number of rotatable bonds is 13. The minimum Gasteiger partial charge on any atom is -0.494 e. The smallest absolute Gasteiger partial charge is 0.272 e. The van der Waals surface area contributed by atoms with E-state index in [2.05, 4.69) is 72.5 Å². The summed E-state index contributed by atoms with van der Waals surface area (Å²) < 4.78 is 7.88. The van der Waals surface area contributed by atoms with E-state index in [0.29, 0.717) is 36.8 Å². The number of amides is 2. The standard InChI is InChI=1S/C35H52N6O3/c1-9-41(10-2)23-26-19-27(35(3,4)5)21-28(32(26)44-8)38-34(43)30-20-24-13-11-14-25(31(24)40(30)7)22-36-16-17-37-33(42)29-15-12-18-39(29)6/h11,13-14,19-21,29,36H,9-10,12,15-18,22-23H2,1-8H3,(H,37,42)(H,38,43)/t29-/m0/s1. The molecule has 1 atom stereocenters. The van der Waals surface area contributed by atoms with E-state index in [9.17, 15) is 9.59 Å². The zero-order valence-electron chi connectivity index (χ0n) is 28.0. The predicted octanol–water partition coefficient (Wildman–Crippen LogP) is 4.88. The lowest BCUT2D eigenvalue weighted by Gasteiger charge is -2.26. The van der Waals surface area contributed by atoms with Crippen molar-refractivity contribution in [1.29, 1.82) is 0 Å². The van der Waals surface area contributed by atoms with Crippen molar-refractivity contribution >= 4 is 28.4 Å². The average Bonchev–Trinajstić information content (AvgIpc) is 3.58. The van der Waals surface area contributed by atoms with E-state index in [1.54, 1.807) is 7.11 Å². The van der Waals surface area contributed by atoms with Crippen molar-refractivity contribution in [1.82, 2.24) is 25.0 Å². The molecule has 2 heterocycles. The zero-order chi connectivity index (χ0) is 32.0. The Labute approximate surface area is 263 Å². The number of benzene rings is 2. The number of aryl methyl sites for hydroxylation is 1. The van der Waals surface area contributed by atoms with E-state index >= 15 is 0 Å². The number of nitrogens with zero attached hydrogens (tertiary/aromatic N) is 3. The molecule has 0 bridgehead atoms. The molecule has 3 N–H and O–H groups in total. The maximum atomic E-state index is 13.8. The number of aromatic nitrogens is 1. The number of carbonyl (C=O) groups is 2. The van der Waals surface area contributed by atoms with Crippen molar-refractivity contribution in [2.24, 2.45) is 7.05 Å². The van der Waals surface area contributed by atoms with Crippen LogP contribution in [0.2, 0.25) is 0 Å². The first-order valence-corrected chi connectivity index (χ1v) is 16.0. The van der Waals surface area contributed by atoms with Gasteiger partial charge >= 0.3 is 0 Å². The average molecular weight is 605 g/mol. The summed E-state index contributed by atoms with van der Waals surface area (Å²) in [6.45, 7) is 16.3. The van der Waals surface area contributed by atoms with Crippen LogP contribution in [-0.2, 0) is 30.3 Å². The molecule has 0 aliphatic carbocycles. The highest BCUT2D eigenvalue weighted by atomic mass is 16.5. The number of methoxy groups -OCH3 is 1. The lowest BCUT2D eigenvalue weighted by Crippen LogP contribution is -2.43. The second-order valence-corrected chi connectivity index (χ2v) is 12.9. The molecule has 0 spiro atoms. The molecule has 1 aliphatic rings. The summed E-state index contributed by atoms with van der Waals surface area (Å²) >= 11 is 0. The van der Waals surface area contributed by atoms with Gasteiger partial charge < -0.3 is 25.3 Å². The molecule has 0 radical (unpaired) electrons. The van der Waals surface area contributed by atoms with E-state index in [0.717, 1.165) is 66.6 Å². The summed E-state index contributed by atoms with van der Waals surface area (Å²) in [5, 5.41) is 10.7. The molecule has 3 aromatic rings. The molecule has 0 unspecified atom stereocenters. The number of ether oxygens (including phenoxy) is 1. The van der Waals surface area contributed by atoms with E-state index in [4.69, 9.17) is 4.74 Å². The highest BCUT2D eigenvalue weighted by molar-refractivity contribution is 6.07. The van der Waals surface area contributed by atoms with Crippen LogP contribution in [0, 0.1) is 0 Å². The topological polar surface area (TPSA) is 90.9 Å². The number of hydrogen-bond acceptors (Lipinski definition) is 6. The Bertz CT molecular complexity index is 1450. The van der Waals surface area contributed by atoms with Gasteiger partial charge in [-0.15, -0.1) is 0 Å². The summed E-state index contributed by atoms with van der Waals surface area (Å²) in [5.74, 6) is 0.630. The predicted molar refractivity (Wildman–Crippen MR) is 180 cm³/mol. The maximum absolute atomic E-state index is 13.8. The number of nitrogens with one attached hydrogen (secondary N) is 3. The van der Waals surface area contributed by atoms with Crippen LogP contribution in [0.3, 0.4) is 0 Å². The molecule has 240 valence electrons. The minimum absolute atomic E-state index is 0.0125. The summed E-state index contributed by atoms with van der Waals surface area (Å²) in [7, 11) is 5.62. The fourth-order valence-electron chi connectivity index (χ4n) is 6.17. The van der Waals surface area contributed by atoms with Crippen molar-refractivity contribution < 1.29 is 14.3 Å². The van der Waals surface area contributed by atoms with Crippen LogP contribution in [0.25, 0.3) is 10.9 Å². The number of para-hydroxylation sites is 1. The second kappa shape index (κ2) is 14.6. The lowest BCUT2D eigenvalue weighted by molar-refractivity contribution is -0.125. The van der Waals surface area contributed by atoms with E-state index < -0.39 is 0 Å². The third-order valence-corrected chi connectivity index (χ3v) is 8.88. The summed E-state index contributed by atoms with van der Waals surface area (Å²) in [6.07, 6.45) is 2.00. The lowest BCUT2D eigenvalue weighted by atomic mass is 9.85. The minimum atomic E-state index is -0.180. The molecule has 4 rings (SSSR count). The van der Waals surface area contributed by atoms with Crippen molar-refractivity contribution in [3.05, 3.63) is 58.8 Å². The van der Waals surface area contributed by atoms with Gasteiger partial charge in [0.05, 0.1) is 24.4 Å². The molecule has 9 nitrogen and oxygen atoms in total. The Kier molecular flexibility index (Phi) is 11.1. The van der Waals surface area contributed by atoms with Crippen LogP contribution in [0.15, 0.2) is 36.4 Å². The van der Waals surface area contributed by atoms with E-state index in [1.165, 1.54) is 0 Å². The molecular weight excluding hydrogens is 552 g/mol. The van der Waals surface area contributed by atoms with Crippen LogP contribution >= 0.6 is 0 Å². The number of anilines is 1. The highest BCUT2D eigenvalue weighted by Gasteiger charge is 2.27. The van der Waals surface area contributed by atoms with Gasteiger partial charge in [-0.25, -0.2) is 0 Å². The fraction of sp³-hybridized carbons (Fsp3) is 0.543. The summed E-state index contributed by atoms with van der Waals surface area (Å²) in [4.78, 5) is 30.8. The van der Waals surface area contributed by atoms with Gasteiger partial charge in [0.2, 0.25) is 5.91 Å². The van der Waals surface area contributed by atoms with Crippen LogP contribution in [0.5, 0.6) is 5.75 Å². The molecule has 1 saturated heterocycles. The largest absolute Gasteiger partial charge is 0.494 e. The third-order valence-electron chi connectivity index (χ3n) is 8.88. The van der Waals surface area contributed by atoms with Gasteiger partial charge in [0.15, 0.2) is 0 Å². The molecule has 1 aromatic heterocycles. The van der Waals surface area contributed by atoms with Crippen molar-refractivity contribution in [3.8, 4) is 5.75 Å². The summed E-state index contributed by atoms with van der Waals surface area (Å²) in [6, 6.07) is 12.3. The molecule has 44 heavy (non-hydrogen) atoms. The quantitative estimate of drug-likeness (QED) is 0.241. The third kappa shape index (κ3) is 7.62. The van der Waals surface area contributed by atoms with Crippen LogP contribution in [-0.4, -0.2) is 79.1 Å². The first-order chi connectivity index (χ1) is 21.0. The van der Waals surface area contributed by atoms with Crippen molar-refractivity contribution in [2.45, 2.75) is 72.0 Å². The monoisotopic (exact) mass is 604 g/mol. The van der Waals surface area contributed by atoms with Crippen molar-refractivity contribution in [2.75, 3.05) is 52.2 Å².